The van der Waals surface area contributed by atoms with Crippen LogP contribution in [0.2, 0.25) is 5.02 Å². The molecule has 1 aromatic rings. The minimum atomic E-state index is -0.857. The van der Waals surface area contributed by atoms with Gasteiger partial charge in [0.2, 0.25) is 0 Å². The smallest absolute Gasteiger partial charge is 0.317 e. The van der Waals surface area contributed by atoms with Gasteiger partial charge in [-0.15, -0.1) is 0 Å². The Balaban J connectivity index is 1.91. The lowest BCUT2D eigenvalue weighted by molar-refractivity contribution is -0.141. The fourth-order valence-electron chi connectivity index (χ4n) is 2.29. The van der Waals surface area contributed by atoms with E-state index in [0.717, 1.165) is 5.56 Å². The molecule has 0 spiro atoms. The van der Waals surface area contributed by atoms with Crippen molar-refractivity contribution in [3.05, 3.63) is 28.8 Å². The van der Waals surface area contributed by atoms with Crippen LogP contribution in [-0.4, -0.2) is 42.2 Å². The minimum Gasteiger partial charge on any atom is -0.496 e. The molecular weight excluding hydrogens is 296 g/mol. The van der Waals surface area contributed by atoms with Crippen molar-refractivity contribution in [3.8, 4) is 5.75 Å². The zero-order valence-electron chi connectivity index (χ0n) is 11.6. The molecule has 1 aliphatic rings. The Labute approximate surface area is 127 Å². The van der Waals surface area contributed by atoms with Gasteiger partial charge >= 0.3 is 12.0 Å². The van der Waals surface area contributed by atoms with Crippen LogP contribution in [0.5, 0.6) is 5.75 Å². The molecule has 1 unspecified atom stereocenters. The molecule has 1 atom stereocenters. The van der Waals surface area contributed by atoms with E-state index in [1.54, 1.807) is 18.2 Å². The number of nitrogens with one attached hydrogen (secondary N) is 1. The summed E-state index contributed by atoms with van der Waals surface area (Å²) in [4.78, 5) is 24.4. The summed E-state index contributed by atoms with van der Waals surface area (Å²) in [5.41, 5.74) is 0.809. The predicted molar refractivity (Wildman–Crippen MR) is 77.6 cm³/mol. The molecule has 0 aromatic heterocycles. The van der Waals surface area contributed by atoms with Crippen LogP contribution in [0.3, 0.4) is 0 Å². The summed E-state index contributed by atoms with van der Waals surface area (Å²) >= 11 is 5.88. The molecule has 2 N–H and O–H groups in total. The number of aliphatic carboxylic acids is 1. The second-order valence-electron chi connectivity index (χ2n) is 4.88. The van der Waals surface area contributed by atoms with Gasteiger partial charge < -0.3 is 20.1 Å². The minimum absolute atomic E-state index is 0.249. The first-order valence-electron chi connectivity index (χ1n) is 6.59. The standard InChI is InChI=1S/C14H17ClN2O4/c1-21-12-6-11(15)3-2-9(12)7-16-14(20)17-5-4-10(8-17)13(18)19/h2-3,6,10H,4-5,7-8H2,1H3,(H,16,20)(H,18,19). The van der Waals surface area contributed by atoms with Crippen molar-refractivity contribution in [2.75, 3.05) is 20.2 Å². The van der Waals surface area contributed by atoms with E-state index >= 15 is 0 Å². The number of amides is 2. The first-order valence-corrected chi connectivity index (χ1v) is 6.97. The van der Waals surface area contributed by atoms with Gasteiger partial charge in [-0.3, -0.25) is 4.79 Å². The number of carbonyl (C=O) groups excluding carboxylic acids is 1. The van der Waals surface area contributed by atoms with Gasteiger partial charge in [0.25, 0.3) is 0 Å². The van der Waals surface area contributed by atoms with E-state index in [1.165, 1.54) is 12.0 Å². The number of benzene rings is 1. The molecule has 7 heteroatoms. The number of halogens is 1. The van der Waals surface area contributed by atoms with Crippen LogP contribution in [0.25, 0.3) is 0 Å². The quantitative estimate of drug-likeness (QED) is 0.891. The van der Waals surface area contributed by atoms with E-state index in [2.05, 4.69) is 5.32 Å². The number of methoxy groups -OCH3 is 1. The summed E-state index contributed by atoms with van der Waals surface area (Å²) in [5, 5.41) is 12.3. The first-order chi connectivity index (χ1) is 10.0. The Morgan fingerprint density at radius 2 is 2.29 bits per heavy atom. The fraction of sp³-hybridized carbons (Fsp3) is 0.429. The zero-order chi connectivity index (χ0) is 15.4. The molecule has 1 saturated heterocycles. The van der Waals surface area contributed by atoms with E-state index in [-0.39, 0.29) is 12.6 Å². The average molecular weight is 313 g/mol. The molecule has 114 valence electrons. The highest BCUT2D eigenvalue weighted by atomic mass is 35.5. The topological polar surface area (TPSA) is 78.9 Å². The summed E-state index contributed by atoms with van der Waals surface area (Å²) in [6.07, 6.45) is 0.493. The third-order valence-corrected chi connectivity index (χ3v) is 3.74. The average Bonchev–Trinajstić information content (AvgIpc) is 2.95. The number of hydrogen-bond acceptors (Lipinski definition) is 3. The van der Waals surface area contributed by atoms with Gasteiger partial charge in [-0.2, -0.15) is 0 Å². The molecule has 6 nitrogen and oxygen atoms in total. The number of rotatable bonds is 4. The molecule has 21 heavy (non-hydrogen) atoms. The van der Waals surface area contributed by atoms with Crippen molar-refractivity contribution in [2.45, 2.75) is 13.0 Å². The number of carboxylic acids is 1. The van der Waals surface area contributed by atoms with Crippen LogP contribution < -0.4 is 10.1 Å². The molecular formula is C14H17ClN2O4. The lowest BCUT2D eigenvalue weighted by Gasteiger charge is -2.17. The monoisotopic (exact) mass is 312 g/mol. The van der Waals surface area contributed by atoms with Crippen molar-refractivity contribution < 1.29 is 19.4 Å². The maximum absolute atomic E-state index is 12.0. The van der Waals surface area contributed by atoms with Gasteiger partial charge in [-0.1, -0.05) is 17.7 Å². The van der Waals surface area contributed by atoms with Crippen LogP contribution in [0.15, 0.2) is 18.2 Å². The molecule has 2 rings (SSSR count). The normalized spacial score (nSPS) is 17.6. The molecule has 1 aliphatic heterocycles. The van der Waals surface area contributed by atoms with E-state index in [1.807, 2.05) is 0 Å². The molecule has 0 saturated carbocycles. The third kappa shape index (κ3) is 3.78. The first kappa shape index (κ1) is 15.4. The number of urea groups is 1. The summed E-state index contributed by atoms with van der Waals surface area (Å²) in [6, 6.07) is 4.92. The van der Waals surface area contributed by atoms with Crippen molar-refractivity contribution in [1.29, 1.82) is 0 Å². The third-order valence-electron chi connectivity index (χ3n) is 3.50. The van der Waals surface area contributed by atoms with Crippen LogP contribution >= 0.6 is 11.6 Å². The van der Waals surface area contributed by atoms with Gasteiger partial charge in [0, 0.05) is 30.2 Å². The van der Waals surface area contributed by atoms with Gasteiger partial charge in [0.05, 0.1) is 13.0 Å². The largest absolute Gasteiger partial charge is 0.496 e. The van der Waals surface area contributed by atoms with Crippen molar-refractivity contribution >= 4 is 23.6 Å². The Morgan fingerprint density at radius 1 is 1.52 bits per heavy atom. The predicted octanol–water partition coefficient (Wildman–Crippen LogP) is 1.96. The molecule has 1 heterocycles. The number of nitrogens with zero attached hydrogens (tertiary/aromatic N) is 1. The summed E-state index contributed by atoms with van der Waals surface area (Å²) in [7, 11) is 1.54. The molecule has 1 fully saturated rings. The van der Waals surface area contributed by atoms with Crippen molar-refractivity contribution in [2.24, 2.45) is 5.92 Å². The maximum atomic E-state index is 12.0. The SMILES string of the molecule is COc1cc(Cl)ccc1CNC(=O)N1CCC(C(=O)O)C1. The van der Waals surface area contributed by atoms with E-state index in [4.69, 9.17) is 21.4 Å². The van der Waals surface area contributed by atoms with Gasteiger partial charge in [0.1, 0.15) is 5.75 Å². The number of ether oxygens (including phenoxy) is 1. The van der Waals surface area contributed by atoms with Crippen molar-refractivity contribution in [3.63, 3.8) is 0 Å². The second-order valence-corrected chi connectivity index (χ2v) is 5.32. The molecule has 0 radical (unpaired) electrons. The highest BCUT2D eigenvalue weighted by Crippen LogP contribution is 2.23. The van der Waals surface area contributed by atoms with Crippen LogP contribution in [0, 0.1) is 5.92 Å². The Morgan fingerprint density at radius 3 is 2.90 bits per heavy atom. The van der Waals surface area contributed by atoms with Crippen LogP contribution in [-0.2, 0) is 11.3 Å². The Kier molecular flexibility index (Phi) is 4.90. The second kappa shape index (κ2) is 6.67. The highest BCUT2D eigenvalue weighted by Gasteiger charge is 2.30. The summed E-state index contributed by atoms with van der Waals surface area (Å²) in [5.74, 6) is -0.724. The number of carboxylic acid groups (broad SMARTS) is 1. The van der Waals surface area contributed by atoms with E-state index < -0.39 is 11.9 Å². The van der Waals surface area contributed by atoms with Crippen molar-refractivity contribution in [1.82, 2.24) is 10.2 Å². The molecule has 0 aliphatic carbocycles. The van der Waals surface area contributed by atoms with E-state index in [0.29, 0.717) is 30.3 Å². The van der Waals surface area contributed by atoms with Gasteiger partial charge in [-0.05, 0) is 18.6 Å². The van der Waals surface area contributed by atoms with Crippen LogP contribution in [0.1, 0.15) is 12.0 Å². The molecule has 2 amide bonds. The maximum Gasteiger partial charge on any atom is 0.317 e. The van der Waals surface area contributed by atoms with E-state index in [9.17, 15) is 9.59 Å². The zero-order valence-corrected chi connectivity index (χ0v) is 12.4. The Hall–Kier alpha value is -1.95. The number of likely N-dealkylation sites (tertiary alicyclic amines) is 1. The molecule has 0 bridgehead atoms. The Bertz CT molecular complexity index is 550. The lowest BCUT2D eigenvalue weighted by Crippen LogP contribution is -2.38. The number of hydrogen-bond donors (Lipinski definition) is 2. The summed E-state index contributed by atoms with van der Waals surface area (Å²) < 4.78 is 5.21. The number of carbonyl (C=O) groups is 2. The van der Waals surface area contributed by atoms with Gasteiger partial charge in [0.15, 0.2) is 0 Å². The highest BCUT2D eigenvalue weighted by molar-refractivity contribution is 6.30. The van der Waals surface area contributed by atoms with Crippen LogP contribution in [0.4, 0.5) is 4.79 Å². The fourth-order valence-corrected chi connectivity index (χ4v) is 2.46. The lowest BCUT2D eigenvalue weighted by atomic mass is 10.1. The summed E-state index contributed by atoms with van der Waals surface area (Å²) in [6.45, 7) is 1.01. The molecule has 1 aromatic carbocycles. The van der Waals surface area contributed by atoms with Gasteiger partial charge in [-0.25, -0.2) is 4.79 Å².